The molecule has 2 aromatic rings. The number of rotatable bonds is 4. The highest BCUT2D eigenvalue weighted by Gasteiger charge is 2.08. The maximum Gasteiger partial charge on any atom is 0.147 e. The molecule has 0 saturated carbocycles. The molecule has 0 fully saturated rings. The van der Waals surface area contributed by atoms with Gasteiger partial charge in [-0.25, -0.2) is 0 Å². The van der Waals surface area contributed by atoms with E-state index in [-0.39, 0.29) is 0 Å². The fourth-order valence-electron chi connectivity index (χ4n) is 1.89. The van der Waals surface area contributed by atoms with Crippen LogP contribution in [-0.4, -0.2) is 7.11 Å². The van der Waals surface area contributed by atoms with E-state index in [1.54, 1.807) is 7.11 Å². The van der Waals surface area contributed by atoms with Crippen LogP contribution in [0.4, 0.5) is 5.69 Å². The van der Waals surface area contributed by atoms with Gasteiger partial charge in [0.2, 0.25) is 0 Å². The molecule has 0 unspecified atom stereocenters. The molecular formula is C15H14Br3NO. The van der Waals surface area contributed by atoms with Crippen molar-refractivity contribution in [2.24, 2.45) is 0 Å². The lowest BCUT2D eigenvalue weighted by atomic mass is 10.1. The van der Waals surface area contributed by atoms with Crippen LogP contribution < -0.4 is 10.1 Å². The minimum absolute atomic E-state index is 0.748. The molecule has 0 bridgehead atoms. The minimum Gasteiger partial charge on any atom is -0.494 e. The maximum atomic E-state index is 5.31. The monoisotopic (exact) mass is 461 g/mol. The predicted molar refractivity (Wildman–Crippen MR) is 94.6 cm³/mol. The van der Waals surface area contributed by atoms with Crippen LogP contribution in [0.25, 0.3) is 0 Å². The molecule has 0 aliphatic carbocycles. The molecule has 106 valence electrons. The van der Waals surface area contributed by atoms with Crippen LogP contribution in [0.5, 0.6) is 5.75 Å². The first kappa shape index (κ1) is 15.9. The summed E-state index contributed by atoms with van der Waals surface area (Å²) in [6.45, 7) is 2.84. The zero-order valence-corrected chi connectivity index (χ0v) is 15.9. The summed E-state index contributed by atoms with van der Waals surface area (Å²) in [5.74, 6) is 0.812. The molecule has 0 atom stereocenters. The highest BCUT2D eigenvalue weighted by atomic mass is 79.9. The van der Waals surface area contributed by atoms with Gasteiger partial charge in [-0.15, -0.1) is 0 Å². The zero-order valence-electron chi connectivity index (χ0n) is 11.1. The third kappa shape index (κ3) is 3.77. The third-order valence-electron chi connectivity index (χ3n) is 2.94. The van der Waals surface area contributed by atoms with Crippen molar-refractivity contribution in [2.45, 2.75) is 13.5 Å². The summed E-state index contributed by atoms with van der Waals surface area (Å²) in [6, 6.07) is 10.3. The molecule has 0 radical (unpaired) electrons. The van der Waals surface area contributed by atoms with Gasteiger partial charge in [-0.05, 0) is 74.2 Å². The van der Waals surface area contributed by atoms with Gasteiger partial charge in [0, 0.05) is 16.7 Å². The Morgan fingerprint density at radius 1 is 1.05 bits per heavy atom. The fourth-order valence-corrected chi connectivity index (χ4v) is 3.86. The molecule has 0 saturated heterocycles. The van der Waals surface area contributed by atoms with E-state index in [9.17, 15) is 0 Å². The van der Waals surface area contributed by atoms with Crippen molar-refractivity contribution in [3.05, 3.63) is 54.9 Å². The van der Waals surface area contributed by atoms with Gasteiger partial charge in [0.25, 0.3) is 0 Å². The van der Waals surface area contributed by atoms with E-state index in [4.69, 9.17) is 4.74 Å². The summed E-state index contributed by atoms with van der Waals surface area (Å²) >= 11 is 10.5. The zero-order chi connectivity index (χ0) is 14.7. The topological polar surface area (TPSA) is 21.3 Å². The summed E-state index contributed by atoms with van der Waals surface area (Å²) < 4.78 is 8.26. The summed E-state index contributed by atoms with van der Waals surface area (Å²) in [6.07, 6.45) is 0. The molecule has 0 amide bonds. The summed E-state index contributed by atoms with van der Waals surface area (Å²) in [5, 5.41) is 3.45. The van der Waals surface area contributed by atoms with E-state index >= 15 is 0 Å². The largest absolute Gasteiger partial charge is 0.494 e. The molecule has 0 heterocycles. The van der Waals surface area contributed by atoms with Crippen molar-refractivity contribution in [3.8, 4) is 5.75 Å². The predicted octanol–water partition coefficient (Wildman–Crippen LogP) is 5.90. The van der Waals surface area contributed by atoms with Gasteiger partial charge < -0.3 is 10.1 Å². The van der Waals surface area contributed by atoms with Crippen LogP contribution >= 0.6 is 47.8 Å². The lowest BCUT2D eigenvalue weighted by Gasteiger charge is -2.12. The Morgan fingerprint density at radius 3 is 2.30 bits per heavy atom. The lowest BCUT2D eigenvalue weighted by Crippen LogP contribution is -2.01. The second-order valence-electron chi connectivity index (χ2n) is 4.41. The van der Waals surface area contributed by atoms with Crippen molar-refractivity contribution in [1.29, 1.82) is 0 Å². The highest BCUT2D eigenvalue weighted by Crippen LogP contribution is 2.34. The van der Waals surface area contributed by atoms with E-state index in [0.717, 1.165) is 31.4 Å². The van der Waals surface area contributed by atoms with Crippen LogP contribution in [0.1, 0.15) is 11.1 Å². The summed E-state index contributed by atoms with van der Waals surface area (Å²) in [7, 11) is 1.66. The standard InChI is InChI=1S/C15H14Br3NO/c1-9-3-4-11(16)7-14(9)19-8-10-5-12(17)15(20-2)13(18)6-10/h3-7,19H,8H2,1-2H3. The van der Waals surface area contributed by atoms with Crippen molar-refractivity contribution in [1.82, 2.24) is 0 Å². The number of ether oxygens (including phenoxy) is 1. The van der Waals surface area contributed by atoms with Crippen LogP contribution in [0, 0.1) is 6.92 Å². The van der Waals surface area contributed by atoms with Crippen molar-refractivity contribution < 1.29 is 4.74 Å². The SMILES string of the molecule is COc1c(Br)cc(CNc2cc(Br)ccc2C)cc1Br. The van der Waals surface area contributed by atoms with Gasteiger partial charge in [-0.1, -0.05) is 22.0 Å². The van der Waals surface area contributed by atoms with E-state index in [1.807, 2.05) is 6.07 Å². The molecule has 0 aliphatic rings. The van der Waals surface area contributed by atoms with Gasteiger partial charge in [0.15, 0.2) is 0 Å². The summed E-state index contributed by atoms with van der Waals surface area (Å²) in [5.41, 5.74) is 3.52. The normalized spacial score (nSPS) is 10.4. The molecule has 0 aromatic heterocycles. The second kappa shape index (κ2) is 6.96. The third-order valence-corrected chi connectivity index (χ3v) is 4.62. The second-order valence-corrected chi connectivity index (χ2v) is 7.03. The Bertz CT molecular complexity index is 606. The van der Waals surface area contributed by atoms with E-state index < -0.39 is 0 Å². The number of nitrogens with one attached hydrogen (secondary N) is 1. The number of aryl methyl sites for hydroxylation is 1. The van der Waals surface area contributed by atoms with Crippen LogP contribution in [0.15, 0.2) is 43.7 Å². The minimum atomic E-state index is 0.748. The molecule has 0 spiro atoms. The average Bonchev–Trinajstić information content (AvgIpc) is 2.39. The number of benzene rings is 2. The molecule has 2 aromatic carbocycles. The lowest BCUT2D eigenvalue weighted by molar-refractivity contribution is 0.409. The average molecular weight is 464 g/mol. The smallest absolute Gasteiger partial charge is 0.147 e. The van der Waals surface area contributed by atoms with Crippen LogP contribution in [0.3, 0.4) is 0 Å². The Balaban J connectivity index is 2.17. The van der Waals surface area contributed by atoms with Gasteiger partial charge >= 0.3 is 0 Å². The Hall–Kier alpha value is -0.520. The first-order valence-corrected chi connectivity index (χ1v) is 8.41. The first-order valence-electron chi connectivity index (χ1n) is 6.03. The number of halogens is 3. The fraction of sp³-hybridized carbons (Fsp3) is 0.200. The Morgan fingerprint density at radius 2 is 1.70 bits per heavy atom. The number of methoxy groups -OCH3 is 1. The van der Waals surface area contributed by atoms with Gasteiger partial charge in [-0.2, -0.15) is 0 Å². The number of hydrogen-bond donors (Lipinski definition) is 1. The van der Waals surface area contributed by atoms with Crippen molar-refractivity contribution in [3.63, 3.8) is 0 Å². The molecular weight excluding hydrogens is 450 g/mol. The molecule has 2 rings (SSSR count). The van der Waals surface area contributed by atoms with Crippen molar-refractivity contribution in [2.75, 3.05) is 12.4 Å². The molecule has 2 nitrogen and oxygen atoms in total. The molecule has 0 aliphatic heterocycles. The Labute approximate surface area is 144 Å². The molecule has 20 heavy (non-hydrogen) atoms. The number of hydrogen-bond acceptors (Lipinski definition) is 2. The van der Waals surface area contributed by atoms with Crippen LogP contribution in [0.2, 0.25) is 0 Å². The molecule has 5 heteroatoms. The van der Waals surface area contributed by atoms with Gasteiger partial charge in [0.1, 0.15) is 5.75 Å². The van der Waals surface area contributed by atoms with Crippen LogP contribution in [-0.2, 0) is 6.54 Å². The van der Waals surface area contributed by atoms with E-state index in [2.05, 4.69) is 84.3 Å². The summed E-state index contributed by atoms with van der Waals surface area (Å²) in [4.78, 5) is 0. The maximum absolute atomic E-state index is 5.31. The van der Waals surface area contributed by atoms with Gasteiger partial charge in [-0.3, -0.25) is 0 Å². The number of anilines is 1. The van der Waals surface area contributed by atoms with Crippen molar-refractivity contribution >= 4 is 53.5 Å². The molecule has 1 N–H and O–H groups in total. The Kier molecular flexibility index (Phi) is 5.52. The quantitative estimate of drug-likeness (QED) is 0.609. The van der Waals surface area contributed by atoms with Gasteiger partial charge in [0.05, 0.1) is 16.1 Å². The highest BCUT2D eigenvalue weighted by molar-refractivity contribution is 9.11. The van der Waals surface area contributed by atoms with E-state index in [1.165, 1.54) is 11.1 Å². The first-order chi connectivity index (χ1) is 9.51. The van der Waals surface area contributed by atoms with E-state index in [0.29, 0.717) is 0 Å².